The number of aromatic nitrogens is 1. The molecule has 3 rings (SSSR count). The predicted octanol–water partition coefficient (Wildman–Crippen LogP) is 3.91. The number of carbonyl (C=O) groups excluding carboxylic acids is 2. The van der Waals surface area contributed by atoms with E-state index in [1.165, 1.54) is 14.2 Å². The molecule has 0 saturated heterocycles. The summed E-state index contributed by atoms with van der Waals surface area (Å²) in [6, 6.07) is 7.74. The lowest BCUT2D eigenvalue weighted by molar-refractivity contribution is -0.143. The van der Waals surface area contributed by atoms with E-state index >= 15 is 0 Å². The Kier molecular flexibility index (Phi) is 5.74. The second kappa shape index (κ2) is 8.06. The van der Waals surface area contributed by atoms with Crippen LogP contribution in [-0.4, -0.2) is 36.9 Å². The summed E-state index contributed by atoms with van der Waals surface area (Å²) in [6.07, 6.45) is 0. The van der Waals surface area contributed by atoms with Gasteiger partial charge in [-0.3, -0.25) is 9.79 Å². The van der Waals surface area contributed by atoms with Crippen molar-refractivity contribution in [2.75, 3.05) is 14.2 Å². The van der Waals surface area contributed by atoms with Crippen molar-refractivity contribution >= 4 is 29.0 Å². The largest absolute Gasteiger partial charge is 0.468 e. The first-order valence-corrected chi connectivity index (χ1v) is 9.69. The molecule has 1 aromatic heterocycles. The molecule has 0 spiro atoms. The van der Waals surface area contributed by atoms with E-state index in [4.69, 9.17) is 9.47 Å². The Morgan fingerprint density at radius 3 is 2.46 bits per heavy atom. The summed E-state index contributed by atoms with van der Waals surface area (Å²) in [4.78, 5) is 34.1. The van der Waals surface area contributed by atoms with Crippen molar-refractivity contribution in [2.24, 2.45) is 10.9 Å². The molecular formula is C21H22N2O4S. The van der Waals surface area contributed by atoms with Gasteiger partial charge in [0.1, 0.15) is 10.9 Å². The third-order valence-electron chi connectivity index (χ3n) is 4.80. The number of thiazole rings is 1. The van der Waals surface area contributed by atoms with E-state index in [1.807, 2.05) is 36.6 Å². The van der Waals surface area contributed by atoms with E-state index in [2.05, 4.69) is 9.98 Å². The van der Waals surface area contributed by atoms with Gasteiger partial charge in [-0.15, -0.1) is 11.3 Å². The van der Waals surface area contributed by atoms with E-state index in [0.29, 0.717) is 17.0 Å². The van der Waals surface area contributed by atoms with Crippen LogP contribution in [0.5, 0.6) is 0 Å². The van der Waals surface area contributed by atoms with Crippen molar-refractivity contribution in [3.63, 3.8) is 0 Å². The molecule has 146 valence electrons. The van der Waals surface area contributed by atoms with Crippen LogP contribution in [0.25, 0.3) is 10.6 Å². The number of rotatable bonds is 4. The van der Waals surface area contributed by atoms with Crippen molar-refractivity contribution in [1.82, 2.24) is 4.98 Å². The standard InChI is InChI=1S/C21H22N2O4S/c1-11-10-28-19(22-11)15-8-6-7-14(9-15)18-16(20(24)26-4)12(2)23-13(3)17(18)21(25)27-5/h6-10,16,18H,1-5H3. The first-order chi connectivity index (χ1) is 13.4. The van der Waals surface area contributed by atoms with Crippen LogP contribution in [0.1, 0.15) is 31.0 Å². The number of benzene rings is 1. The summed E-state index contributed by atoms with van der Waals surface area (Å²) in [6.45, 7) is 5.48. The van der Waals surface area contributed by atoms with Crippen molar-refractivity contribution in [1.29, 1.82) is 0 Å². The highest BCUT2D eigenvalue weighted by molar-refractivity contribution is 7.13. The second-order valence-corrected chi connectivity index (χ2v) is 7.50. The zero-order valence-corrected chi connectivity index (χ0v) is 17.3. The summed E-state index contributed by atoms with van der Waals surface area (Å²) in [5, 5.41) is 2.87. The van der Waals surface area contributed by atoms with Gasteiger partial charge < -0.3 is 9.47 Å². The Balaban J connectivity index is 2.18. The zero-order valence-electron chi connectivity index (χ0n) is 16.5. The Morgan fingerprint density at radius 2 is 1.86 bits per heavy atom. The molecule has 0 N–H and O–H groups in total. The lowest BCUT2D eigenvalue weighted by Gasteiger charge is -2.31. The van der Waals surface area contributed by atoms with Crippen molar-refractivity contribution in [3.05, 3.63) is 52.2 Å². The molecule has 2 aromatic rings. The molecule has 0 fully saturated rings. The SMILES string of the molecule is COC(=O)C1=C(C)N=C(C)C(C(=O)OC)C1c1cccc(-c2nc(C)cs2)c1. The number of allylic oxidation sites excluding steroid dienone is 1. The summed E-state index contributed by atoms with van der Waals surface area (Å²) in [7, 11) is 2.66. The number of ether oxygens (including phenoxy) is 2. The third-order valence-corrected chi connectivity index (χ3v) is 5.81. The van der Waals surface area contributed by atoms with E-state index < -0.39 is 23.8 Å². The van der Waals surface area contributed by atoms with Gasteiger partial charge in [-0.05, 0) is 32.4 Å². The highest BCUT2D eigenvalue weighted by Gasteiger charge is 2.42. The minimum absolute atomic E-state index is 0.371. The maximum Gasteiger partial charge on any atom is 0.336 e. The van der Waals surface area contributed by atoms with E-state index in [1.54, 1.807) is 25.2 Å². The van der Waals surface area contributed by atoms with Crippen LogP contribution < -0.4 is 0 Å². The molecule has 2 unspecified atom stereocenters. The lowest BCUT2D eigenvalue weighted by Crippen LogP contribution is -2.36. The Hall–Kier alpha value is -2.80. The number of methoxy groups -OCH3 is 2. The molecule has 2 atom stereocenters. The van der Waals surface area contributed by atoms with Crippen molar-refractivity contribution in [2.45, 2.75) is 26.7 Å². The Bertz CT molecular complexity index is 990. The minimum atomic E-state index is -0.698. The van der Waals surface area contributed by atoms with Crippen LogP contribution in [0.3, 0.4) is 0 Å². The molecule has 6 nitrogen and oxygen atoms in total. The molecule has 28 heavy (non-hydrogen) atoms. The van der Waals surface area contributed by atoms with Gasteiger partial charge in [0.15, 0.2) is 0 Å². The molecule has 7 heteroatoms. The van der Waals surface area contributed by atoms with Gasteiger partial charge in [0.05, 0.1) is 19.8 Å². The summed E-state index contributed by atoms with van der Waals surface area (Å²) in [5.41, 5.74) is 4.22. The first kappa shape index (κ1) is 19.9. The Morgan fingerprint density at radius 1 is 1.11 bits per heavy atom. The van der Waals surface area contributed by atoms with Gasteiger partial charge >= 0.3 is 11.9 Å². The highest BCUT2D eigenvalue weighted by atomic mass is 32.1. The highest BCUT2D eigenvalue weighted by Crippen LogP contribution is 2.41. The predicted molar refractivity (Wildman–Crippen MR) is 108 cm³/mol. The average molecular weight is 398 g/mol. The molecular weight excluding hydrogens is 376 g/mol. The molecule has 0 saturated carbocycles. The zero-order chi connectivity index (χ0) is 20.4. The van der Waals surface area contributed by atoms with Crippen LogP contribution >= 0.6 is 11.3 Å². The monoisotopic (exact) mass is 398 g/mol. The van der Waals surface area contributed by atoms with Crippen LogP contribution in [0.4, 0.5) is 0 Å². The molecule has 0 radical (unpaired) electrons. The van der Waals surface area contributed by atoms with Crippen molar-refractivity contribution < 1.29 is 19.1 Å². The lowest BCUT2D eigenvalue weighted by atomic mass is 9.75. The first-order valence-electron chi connectivity index (χ1n) is 8.82. The van der Waals surface area contributed by atoms with E-state index in [0.717, 1.165) is 21.8 Å². The number of aliphatic imine (C=N–C) groups is 1. The number of hydrogen-bond acceptors (Lipinski definition) is 7. The van der Waals surface area contributed by atoms with Gasteiger partial charge in [0.25, 0.3) is 0 Å². The molecule has 1 aliphatic heterocycles. The molecule has 0 aliphatic carbocycles. The Labute approximate surface area is 167 Å². The number of aryl methyl sites for hydroxylation is 1. The number of hydrogen-bond donors (Lipinski definition) is 0. The fourth-order valence-electron chi connectivity index (χ4n) is 3.56. The maximum atomic E-state index is 12.6. The normalized spacial score (nSPS) is 19.2. The number of esters is 2. The topological polar surface area (TPSA) is 77.8 Å². The molecule has 2 heterocycles. The molecule has 1 aromatic carbocycles. The third kappa shape index (κ3) is 3.62. The number of carbonyl (C=O) groups is 2. The summed E-state index contributed by atoms with van der Waals surface area (Å²) in [5.74, 6) is -2.17. The van der Waals surface area contributed by atoms with Crippen LogP contribution in [0.2, 0.25) is 0 Å². The van der Waals surface area contributed by atoms with Gasteiger partial charge in [0, 0.05) is 34.0 Å². The summed E-state index contributed by atoms with van der Waals surface area (Å²) < 4.78 is 10.0. The van der Waals surface area contributed by atoms with Gasteiger partial charge in [-0.1, -0.05) is 18.2 Å². The van der Waals surface area contributed by atoms with E-state index in [-0.39, 0.29) is 0 Å². The van der Waals surface area contributed by atoms with Crippen LogP contribution in [0, 0.1) is 12.8 Å². The quantitative estimate of drug-likeness (QED) is 0.730. The van der Waals surface area contributed by atoms with Gasteiger partial charge in [0.2, 0.25) is 0 Å². The molecule has 0 bridgehead atoms. The summed E-state index contributed by atoms with van der Waals surface area (Å²) >= 11 is 1.55. The average Bonchev–Trinajstić information content (AvgIpc) is 3.12. The smallest absolute Gasteiger partial charge is 0.336 e. The number of nitrogens with zero attached hydrogens (tertiary/aromatic N) is 2. The van der Waals surface area contributed by atoms with Gasteiger partial charge in [-0.2, -0.15) is 0 Å². The fraction of sp³-hybridized carbons (Fsp3) is 0.333. The molecule has 1 aliphatic rings. The van der Waals surface area contributed by atoms with Crippen LogP contribution in [-0.2, 0) is 19.1 Å². The second-order valence-electron chi connectivity index (χ2n) is 6.64. The maximum absolute atomic E-state index is 12.6. The van der Waals surface area contributed by atoms with E-state index in [9.17, 15) is 9.59 Å². The molecule has 0 amide bonds. The fourth-order valence-corrected chi connectivity index (χ4v) is 4.35. The minimum Gasteiger partial charge on any atom is -0.468 e. The van der Waals surface area contributed by atoms with Crippen LogP contribution in [0.15, 0.2) is 45.9 Å². The van der Waals surface area contributed by atoms with Crippen molar-refractivity contribution in [3.8, 4) is 10.6 Å². The van der Waals surface area contributed by atoms with Gasteiger partial charge in [-0.25, -0.2) is 9.78 Å².